The molecule has 1 aromatic heterocycles. The zero-order valence-electron chi connectivity index (χ0n) is 14.6. The molecule has 134 valence electrons. The largest absolute Gasteiger partial charge is 0.444 e. The van der Waals surface area contributed by atoms with Gasteiger partial charge in [-0.1, -0.05) is 25.1 Å². The molecule has 0 aliphatic carbocycles. The maximum absolute atomic E-state index is 12.1. The number of hydrogen-bond acceptors (Lipinski definition) is 5. The fraction of sp³-hybridized carbons (Fsp3) is 0.474. The van der Waals surface area contributed by atoms with Crippen molar-refractivity contribution in [1.29, 1.82) is 0 Å². The first-order chi connectivity index (χ1) is 12.1. The monoisotopic (exact) mass is 359 g/mol. The first-order valence-corrected chi connectivity index (χ1v) is 9.85. The Bertz CT molecular complexity index is 681. The van der Waals surface area contributed by atoms with Gasteiger partial charge < -0.3 is 15.1 Å². The second-order valence-corrected chi connectivity index (χ2v) is 7.83. The Hall–Kier alpha value is -1.79. The summed E-state index contributed by atoms with van der Waals surface area (Å²) in [6.45, 7) is 5.09. The Kier molecular flexibility index (Phi) is 6.15. The van der Waals surface area contributed by atoms with Gasteiger partial charge in [-0.2, -0.15) is 0 Å². The van der Waals surface area contributed by atoms with E-state index in [0.29, 0.717) is 17.4 Å². The van der Waals surface area contributed by atoms with Crippen LogP contribution in [0, 0.1) is 5.41 Å². The van der Waals surface area contributed by atoms with Crippen molar-refractivity contribution in [1.82, 2.24) is 15.6 Å². The van der Waals surface area contributed by atoms with Gasteiger partial charge in [0.1, 0.15) is 6.26 Å². The summed E-state index contributed by atoms with van der Waals surface area (Å²) in [5.41, 5.74) is 2.05. The van der Waals surface area contributed by atoms with Crippen molar-refractivity contribution in [3.8, 4) is 11.5 Å². The van der Waals surface area contributed by atoms with E-state index < -0.39 is 0 Å². The van der Waals surface area contributed by atoms with Crippen LogP contribution in [-0.2, 0) is 10.5 Å². The van der Waals surface area contributed by atoms with Crippen LogP contribution in [0.5, 0.6) is 0 Å². The topological polar surface area (TPSA) is 67.2 Å². The highest BCUT2D eigenvalue weighted by Crippen LogP contribution is 2.26. The van der Waals surface area contributed by atoms with Crippen molar-refractivity contribution in [2.45, 2.75) is 25.5 Å². The standard InChI is InChI=1S/C19H25N3O2S/c1-19(7-9-20-10-8-19)14-21-17(23)13-25-12-16-11-24-18(22-16)15-5-3-2-4-6-15/h2-6,11,20H,7-10,12-14H2,1H3,(H,21,23). The molecule has 6 heteroatoms. The van der Waals surface area contributed by atoms with Crippen LogP contribution >= 0.6 is 11.8 Å². The lowest BCUT2D eigenvalue weighted by Gasteiger charge is -2.34. The highest BCUT2D eigenvalue weighted by molar-refractivity contribution is 7.99. The minimum atomic E-state index is 0.0940. The minimum Gasteiger partial charge on any atom is -0.444 e. The number of carbonyl (C=O) groups excluding carboxylic acids is 1. The molecular formula is C19H25N3O2S. The van der Waals surface area contributed by atoms with Gasteiger partial charge in [-0.05, 0) is 43.5 Å². The Morgan fingerprint density at radius 2 is 2.08 bits per heavy atom. The molecule has 0 unspecified atom stereocenters. The molecule has 0 radical (unpaired) electrons. The molecule has 2 N–H and O–H groups in total. The van der Waals surface area contributed by atoms with E-state index >= 15 is 0 Å². The number of rotatable bonds is 7. The van der Waals surface area contributed by atoms with Gasteiger partial charge in [0.15, 0.2) is 0 Å². The summed E-state index contributed by atoms with van der Waals surface area (Å²) in [7, 11) is 0. The Morgan fingerprint density at radius 3 is 2.84 bits per heavy atom. The van der Waals surface area contributed by atoms with E-state index in [9.17, 15) is 4.79 Å². The number of hydrogen-bond donors (Lipinski definition) is 2. The van der Waals surface area contributed by atoms with Crippen LogP contribution in [-0.4, -0.2) is 36.3 Å². The average molecular weight is 359 g/mol. The zero-order valence-corrected chi connectivity index (χ0v) is 15.4. The van der Waals surface area contributed by atoms with Crippen LogP contribution in [0.2, 0.25) is 0 Å². The van der Waals surface area contributed by atoms with Crippen LogP contribution in [0.25, 0.3) is 11.5 Å². The highest BCUT2D eigenvalue weighted by Gasteiger charge is 2.26. The molecule has 25 heavy (non-hydrogen) atoms. The summed E-state index contributed by atoms with van der Waals surface area (Å²) >= 11 is 1.56. The van der Waals surface area contributed by atoms with Crippen LogP contribution < -0.4 is 10.6 Å². The molecular weight excluding hydrogens is 334 g/mol. The molecule has 0 spiro atoms. The van der Waals surface area contributed by atoms with Crippen molar-refractivity contribution in [2.75, 3.05) is 25.4 Å². The molecule has 0 saturated carbocycles. The Morgan fingerprint density at radius 1 is 1.32 bits per heavy atom. The average Bonchev–Trinajstić information content (AvgIpc) is 3.10. The van der Waals surface area contributed by atoms with Gasteiger partial charge in [-0.15, -0.1) is 11.8 Å². The number of amides is 1. The third-order valence-electron chi connectivity index (χ3n) is 4.58. The number of carbonyl (C=O) groups is 1. The van der Waals surface area contributed by atoms with Crippen molar-refractivity contribution in [3.05, 3.63) is 42.3 Å². The number of nitrogens with one attached hydrogen (secondary N) is 2. The lowest BCUT2D eigenvalue weighted by atomic mass is 9.81. The van der Waals surface area contributed by atoms with Gasteiger partial charge in [-0.25, -0.2) is 4.98 Å². The lowest BCUT2D eigenvalue weighted by Crippen LogP contribution is -2.43. The van der Waals surface area contributed by atoms with Gasteiger partial charge >= 0.3 is 0 Å². The molecule has 0 bridgehead atoms. The number of benzene rings is 1. The van der Waals surface area contributed by atoms with Crippen LogP contribution in [0.3, 0.4) is 0 Å². The summed E-state index contributed by atoms with van der Waals surface area (Å²) < 4.78 is 5.52. The van der Waals surface area contributed by atoms with Crippen molar-refractivity contribution in [2.24, 2.45) is 5.41 Å². The van der Waals surface area contributed by atoms with E-state index in [0.717, 1.165) is 43.7 Å². The number of piperidine rings is 1. The Balaban J connectivity index is 1.39. The molecule has 1 saturated heterocycles. The summed E-state index contributed by atoms with van der Waals surface area (Å²) in [5, 5.41) is 6.44. The molecule has 5 nitrogen and oxygen atoms in total. The molecule has 1 aliphatic heterocycles. The number of aromatic nitrogens is 1. The van der Waals surface area contributed by atoms with E-state index in [1.165, 1.54) is 0 Å². The van der Waals surface area contributed by atoms with Crippen LogP contribution in [0.4, 0.5) is 0 Å². The van der Waals surface area contributed by atoms with E-state index in [4.69, 9.17) is 4.42 Å². The van der Waals surface area contributed by atoms with Gasteiger partial charge in [0, 0.05) is 17.9 Å². The minimum absolute atomic E-state index is 0.0940. The van der Waals surface area contributed by atoms with Gasteiger partial charge in [-0.3, -0.25) is 4.79 Å². The van der Waals surface area contributed by atoms with E-state index in [-0.39, 0.29) is 11.3 Å². The van der Waals surface area contributed by atoms with Gasteiger partial charge in [0.2, 0.25) is 11.8 Å². The number of thioether (sulfide) groups is 1. The molecule has 3 rings (SSSR count). The number of oxazole rings is 1. The molecule has 2 aromatic rings. The maximum atomic E-state index is 12.1. The SMILES string of the molecule is CC1(CNC(=O)CSCc2coc(-c3ccccc3)n2)CCNCC1. The van der Waals surface area contributed by atoms with E-state index in [1.807, 2.05) is 30.3 Å². The van der Waals surface area contributed by atoms with Crippen LogP contribution in [0.1, 0.15) is 25.5 Å². The van der Waals surface area contributed by atoms with Gasteiger partial charge in [0.05, 0.1) is 11.4 Å². The molecule has 2 heterocycles. The molecule has 1 aromatic carbocycles. The van der Waals surface area contributed by atoms with Crippen molar-refractivity contribution >= 4 is 17.7 Å². The van der Waals surface area contributed by atoms with Crippen LogP contribution in [0.15, 0.2) is 41.0 Å². The molecule has 1 fully saturated rings. The quantitative estimate of drug-likeness (QED) is 0.795. The third kappa shape index (κ3) is 5.34. The van der Waals surface area contributed by atoms with E-state index in [2.05, 4.69) is 22.5 Å². The summed E-state index contributed by atoms with van der Waals surface area (Å²) in [4.78, 5) is 16.5. The van der Waals surface area contributed by atoms with Gasteiger partial charge in [0.25, 0.3) is 0 Å². The van der Waals surface area contributed by atoms with Crippen molar-refractivity contribution < 1.29 is 9.21 Å². The summed E-state index contributed by atoms with van der Waals surface area (Å²) in [6.07, 6.45) is 3.90. The molecule has 1 aliphatic rings. The number of nitrogens with zero attached hydrogens (tertiary/aromatic N) is 1. The fourth-order valence-corrected chi connectivity index (χ4v) is 3.64. The fourth-order valence-electron chi connectivity index (χ4n) is 2.90. The molecule has 1 amide bonds. The first-order valence-electron chi connectivity index (χ1n) is 8.70. The predicted molar refractivity (Wildman–Crippen MR) is 101 cm³/mol. The normalized spacial score (nSPS) is 16.5. The maximum Gasteiger partial charge on any atom is 0.230 e. The second kappa shape index (κ2) is 8.54. The predicted octanol–water partition coefficient (Wildman–Crippen LogP) is 3.08. The first kappa shape index (κ1) is 18.0. The lowest BCUT2D eigenvalue weighted by molar-refractivity contribution is -0.119. The Labute approximate surface area is 153 Å². The summed E-state index contributed by atoms with van der Waals surface area (Å²) in [5.74, 6) is 1.84. The zero-order chi connectivity index (χ0) is 17.5. The summed E-state index contributed by atoms with van der Waals surface area (Å²) in [6, 6.07) is 9.82. The third-order valence-corrected chi connectivity index (χ3v) is 5.54. The van der Waals surface area contributed by atoms with Crippen molar-refractivity contribution in [3.63, 3.8) is 0 Å². The smallest absolute Gasteiger partial charge is 0.230 e. The second-order valence-electron chi connectivity index (χ2n) is 6.84. The highest BCUT2D eigenvalue weighted by atomic mass is 32.2. The molecule has 0 atom stereocenters. The van der Waals surface area contributed by atoms with E-state index in [1.54, 1.807) is 18.0 Å².